The van der Waals surface area contributed by atoms with Crippen molar-refractivity contribution in [2.45, 2.75) is 53.5 Å². The third kappa shape index (κ3) is 4.74. The second kappa shape index (κ2) is 9.80. The number of fused-ring (bicyclic) bond motifs is 1. The summed E-state index contributed by atoms with van der Waals surface area (Å²) in [6.45, 7) is 8.59. The molecule has 0 aliphatic carbocycles. The van der Waals surface area contributed by atoms with E-state index in [1.807, 2.05) is 52.0 Å². The Bertz CT molecular complexity index is 1240. The van der Waals surface area contributed by atoms with E-state index in [9.17, 15) is 14.4 Å². The first-order valence-corrected chi connectivity index (χ1v) is 11.0. The number of unbranched alkanes of at least 4 members (excludes halogenated alkanes) is 1. The zero-order chi connectivity index (χ0) is 23.4. The van der Waals surface area contributed by atoms with Crippen molar-refractivity contribution in [3.05, 3.63) is 62.4 Å². The molecule has 1 amide bonds. The molecule has 8 nitrogen and oxygen atoms in total. The van der Waals surface area contributed by atoms with Gasteiger partial charge in [0.1, 0.15) is 5.82 Å². The van der Waals surface area contributed by atoms with Crippen molar-refractivity contribution < 1.29 is 4.79 Å². The van der Waals surface area contributed by atoms with Gasteiger partial charge >= 0.3 is 5.69 Å². The molecular formula is C24H31N5O3. The molecule has 2 aromatic heterocycles. The molecule has 0 spiro atoms. The third-order valence-electron chi connectivity index (χ3n) is 5.47. The number of aryl methyl sites for hydroxylation is 1. The molecule has 2 heterocycles. The van der Waals surface area contributed by atoms with Crippen LogP contribution < -0.4 is 21.9 Å². The van der Waals surface area contributed by atoms with Crippen molar-refractivity contribution in [1.29, 1.82) is 0 Å². The first kappa shape index (κ1) is 23.2. The highest BCUT2D eigenvalue weighted by atomic mass is 16.2. The largest absolute Gasteiger partial charge is 0.383 e. The van der Waals surface area contributed by atoms with E-state index < -0.39 is 11.2 Å². The van der Waals surface area contributed by atoms with Crippen LogP contribution >= 0.6 is 0 Å². The van der Waals surface area contributed by atoms with Crippen molar-refractivity contribution in [3.63, 3.8) is 0 Å². The highest BCUT2D eigenvalue weighted by Crippen LogP contribution is 2.25. The molecule has 0 aliphatic heterocycles. The zero-order valence-corrected chi connectivity index (χ0v) is 19.1. The van der Waals surface area contributed by atoms with E-state index in [2.05, 4.69) is 9.97 Å². The third-order valence-corrected chi connectivity index (χ3v) is 5.47. The summed E-state index contributed by atoms with van der Waals surface area (Å²) in [4.78, 5) is 47.4. The van der Waals surface area contributed by atoms with Crippen molar-refractivity contribution in [3.8, 4) is 0 Å². The van der Waals surface area contributed by atoms with Gasteiger partial charge < -0.3 is 10.6 Å². The second-order valence-electron chi connectivity index (χ2n) is 8.47. The summed E-state index contributed by atoms with van der Waals surface area (Å²) in [7, 11) is 0. The van der Waals surface area contributed by atoms with E-state index in [-0.39, 0.29) is 17.4 Å². The van der Waals surface area contributed by atoms with Crippen LogP contribution in [0.5, 0.6) is 0 Å². The number of carbonyl (C=O) groups is 1. The second-order valence-corrected chi connectivity index (χ2v) is 8.47. The molecule has 3 rings (SSSR count). The van der Waals surface area contributed by atoms with Gasteiger partial charge in [0.15, 0.2) is 5.69 Å². The van der Waals surface area contributed by atoms with Crippen molar-refractivity contribution in [1.82, 2.24) is 14.5 Å². The molecule has 3 aromatic rings. The number of pyridine rings is 1. The normalized spacial score (nSPS) is 11.3. The monoisotopic (exact) mass is 437 g/mol. The van der Waals surface area contributed by atoms with Gasteiger partial charge in [0.2, 0.25) is 0 Å². The minimum absolute atomic E-state index is 0.0133. The number of anilines is 2. The van der Waals surface area contributed by atoms with Crippen LogP contribution in [0.25, 0.3) is 10.9 Å². The standard InChI is InChI=1S/C24H31N5O3/c1-5-6-12-29-21(25)20(22(30)27-24(29)32)28(13-11-15(2)3)23(31)18-14-16(4)26-19-10-8-7-9-17(18)19/h7-10,14-15H,5-6,11-13,25H2,1-4H3,(H,27,30,32). The Hall–Kier alpha value is -3.42. The van der Waals surface area contributed by atoms with Crippen LogP contribution in [-0.2, 0) is 6.54 Å². The number of carbonyl (C=O) groups excluding carboxylic acids is 1. The van der Waals surface area contributed by atoms with E-state index in [0.29, 0.717) is 47.6 Å². The maximum atomic E-state index is 13.8. The molecule has 0 aliphatic rings. The fourth-order valence-electron chi connectivity index (χ4n) is 3.71. The topological polar surface area (TPSA) is 114 Å². The summed E-state index contributed by atoms with van der Waals surface area (Å²) in [6, 6.07) is 9.13. The summed E-state index contributed by atoms with van der Waals surface area (Å²) < 4.78 is 1.34. The van der Waals surface area contributed by atoms with Gasteiger partial charge in [0, 0.05) is 24.2 Å². The lowest BCUT2D eigenvalue weighted by molar-refractivity contribution is 0.0987. The number of nitrogens with two attached hydrogens (primary N) is 1. The Morgan fingerprint density at radius 3 is 2.66 bits per heavy atom. The quantitative estimate of drug-likeness (QED) is 0.560. The Morgan fingerprint density at radius 2 is 1.97 bits per heavy atom. The number of nitrogens with one attached hydrogen (secondary N) is 1. The molecule has 1 aromatic carbocycles. The molecule has 0 radical (unpaired) electrons. The molecule has 8 heteroatoms. The smallest absolute Gasteiger partial charge is 0.330 e. The number of para-hydroxylation sites is 1. The van der Waals surface area contributed by atoms with Crippen molar-refractivity contribution in [2.75, 3.05) is 17.2 Å². The first-order valence-electron chi connectivity index (χ1n) is 11.0. The predicted molar refractivity (Wildman–Crippen MR) is 128 cm³/mol. The molecule has 3 N–H and O–H groups in total. The number of amides is 1. The summed E-state index contributed by atoms with van der Waals surface area (Å²) in [6.07, 6.45) is 2.25. The Balaban J connectivity index is 2.20. The highest BCUT2D eigenvalue weighted by Gasteiger charge is 2.26. The van der Waals surface area contributed by atoms with Crippen LogP contribution in [0.15, 0.2) is 39.9 Å². The first-order chi connectivity index (χ1) is 15.2. The summed E-state index contributed by atoms with van der Waals surface area (Å²) in [5.41, 5.74) is 6.97. The van der Waals surface area contributed by atoms with Gasteiger partial charge in [-0.05, 0) is 37.8 Å². The summed E-state index contributed by atoms with van der Waals surface area (Å²) in [5.74, 6) is -0.0304. The maximum absolute atomic E-state index is 13.8. The Kier molecular flexibility index (Phi) is 7.12. The minimum atomic E-state index is -0.660. The number of nitrogens with zero attached hydrogens (tertiary/aromatic N) is 3. The highest BCUT2D eigenvalue weighted by molar-refractivity contribution is 6.14. The summed E-state index contributed by atoms with van der Waals surface area (Å²) in [5, 5.41) is 0.701. The van der Waals surface area contributed by atoms with E-state index >= 15 is 0 Å². The number of benzene rings is 1. The average Bonchev–Trinajstić information content (AvgIpc) is 2.74. The van der Waals surface area contributed by atoms with Gasteiger partial charge in [-0.25, -0.2) is 4.79 Å². The maximum Gasteiger partial charge on any atom is 0.330 e. The molecular weight excluding hydrogens is 406 g/mol. The fraction of sp³-hybridized carbons (Fsp3) is 0.417. The SMILES string of the molecule is CCCCn1c(N)c(N(CCC(C)C)C(=O)c2cc(C)nc3ccccc23)c(=O)[nH]c1=O. The average molecular weight is 438 g/mol. The summed E-state index contributed by atoms with van der Waals surface area (Å²) >= 11 is 0. The number of aromatic amines is 1. The zero-order valence-electron chi connectivity index (χ0n) is 19.1. The van der Waals surface area contributed by atoms with Crippen LogP contribution in [0.4, 0.5) is 11.5 Å². The van der Waals surface area contributed by atoms with Crippen molar-refractivity contribution in [2.24, 2.45) is 5.92 Å². The van der Waals surface area contributed by atoms with Crippen LogP contribution in [-0.4, -0.2) is 27.0 Å². The number of hydrogen-bond acceptors (Lipinski definition) is 5. The Morgan fingerprint density at radius 1 is 1.25 bits per heavy atom. The van der Waals surface area contributed by atoms with Gasteiger partial charge in [0.25, 0.3) is 11.5 Å². The van der Waals surface area contributed by atoms with Gasteiger partial charge in [-0.2, -0.15) is 0 Å². The molecule has 0 bridgehead atoms. The number of aromatic nitrogens is 3. The molecule has 0 atom stereocenters. The van der Waals surface area contributed by atoms with Crippen LogP contribution in [0, 0.1) is 12.8 Å². The van der Waals surface area contributed by atoms with Gasteiger partial charge in [0.05, 0.1) is 11.1 Å². The minimum Gasteiger partial charge on any atom is -0.383 e. The van der Waals surface area contributed by atoms with E-state index in [0.717, 1.165) is 12.8 Å². The number of nitrogen functional groups attached to an aromatic ring is 1. The van der Waals surface area contributed by atoms with Crippen molar-refractivity contribution >= 4 is 28.3 Å². The van der Waals surface area contributed by atoms with Gasteiger partial charge in [-0.1, -0.05) is 45.4 Å². The molecule has 0 fully saturated rings. The van der Waals surface area contributed by atoms with E-state index in [4.69, 9.17) is 5.73 Å². The lowest BCUT2D eigenvalue weighted by atomic mass is 10.0. The van der Waals surface area contributed by atoms with Crippen LogP contribution in [0.1, 0.15) is 56.1 Å². The number of H-pyrrole nitrogens is 1. The fourth-order valence-corrected chi connectivity index (χ4v) is 3.71. The van der Waals surface area contributed by atoms with Crippen LogP contribution in [0.3, 0.4) is 0 Å². The lowest BCUT2D eigenvalue weighted by Gasteiger charge is -2.26. The van der Waals surface area contributed by atoms with Gasteiger partial charge in [-0.3, -0.25) is 24.1 Å². The van der Waals surface area contributed by atoms with E-state index in [1.165, 1.54) is 9.47 Å². The lowest BCUT2D eigenvalue weighted by Crippen LogP contribution is -2.42. The Labute approximate surface area is 187 Å². The molecule has 0 saturated heterocycles. The van der Waals surface area contributed by atoms with Crippen LogP contribution in [0.2, 0.25) is 0 Å². The molecule has 32 heavy (non-hydrogen) atoms. The van der Waals surface area contributed by atoms with E-state index in [1.54, 1.807) is 6.07 Å². The number of hydrogen-bond donors (Lipinski definition) is 2. The number of rotatable bonds is 8. The van der Waals surface area contributed by atoms with Gasteiger partial charge in [-0.15, -0.1) is 0 Å². The molecule has 0 saturated carbocycles. The molecule has 0 unspecified atom stereocenters. The predicted octanol–water partition coefficient (Wildman–Crippen LogP) is 3.47. The molecule has 170 valence electrons.